The molecule has 2 aliphatic rings. The molecule has 1 aliphatic heterocycles. The molecule has 0 bridgehead atoms. The number of halogens is 3. The summed E-state index contributed by atoms with van der Waals surface area (Å²) in [7, 11) is -5.37. The van der Waals surface area contributed by atoms with E-state index in [1.165, 1.54) is 0 Å². The molecule has 7 nitrogen and oxygen atoms in total. The van der Waals surface area contributed by atoms with Crippen LogP contribution in [0.1, 0.15) is 50.5 Å². The van der Waals surface area contributed by atoms with Crippen molar-refractivity contribution in [1.29, 1.82) is 0 Å². The number of nitrogens with zero attached hydrogens (tertiary/aromatic N) is 1. The van der Waals surface area contributed by atoms with Crippen LogP contribution in [0, 0.1) is 0 Å². The van der Waals surface area contributed by atoms with Gasteiger partial charge in [0.1, 0.15) is 0 Å². The van der Waals surface area contributed by atoms with Crippen LogP contribution < -0.4 is 14.8 Å². The molecule has 0 radical (unpaired) electrons. The summed E-state index contributed by atoms with van der Waals surface area (Å²) in [6.07, 6.45) is 5.43. The average molecular weight is 452 g/mol. The number of nitrogens with one attached hydrogen (secondary N) is 2. The van der Waals surface area contributed by atoms with Gasteiger partial charge < -0.3 is 14.8 Å². The molecule has 0 unspecified atom stereocenters. The van der Waals surface area contributed by atoms with Gasteiger partial charge in [-0.2, -0.15) is 13.2 Å². The van der Waals surface area contributed by atoms with Gasteiger partial charge in [0.05, 0.1) is 19.3 Å². The van der Waals surface area contributed by atoms with Crippen LogP contribution in [0.3, 0.4) is 0 Å². The Labute approximate surface area is 174 Å². The summed E-state index contributed by atoms with van der Waals surface area (Å²) >= 11 is 0. The predicted molar refractivity (Wildman–Crippen MR) is 105 cm³/mol. The molecule has 2 fully saturated rings. The second-order valence-corrected chi connectivity index (χ2v) is 9.37. The Balaban J connectivity index is 1.49. The van der Waals surface area contributed by atoms with Gasteiger partial charge in [-0.15, -0.1) is 0 Å². The first-order valence-electron chi connectivity index (χ1n) is 10.2. The van der Waals surface area contributed by atoms with Gasteiger partial charge in [-0.25, -0.2) is 18.1 Å². The van der Waals surface area contributed by atoms with Gasteiger partial charge in [-0.1, -0.05) is 6.07 Å². The lowest BCUT2D eigenvalue weighted by molar-refractivity contribution is -0.0454. The smallest absolute Gasteiger partial charge is 0.478 e. The van der Waals surface area contributed by atoms with Crippen LogP contribution in [0.5, 0.6) is 5.88 Å². The summed E-state index contributed by atoms with van der Waals surface area (Å²) in [5.74, 6) is 0.996. The lowest BCUT2D eigenvalue weighted by atomic mass is 9.83. The van der Waals surface area contributed by atoms with Gasteiger partial charge in [-0.3, -0.25) is 0 Å². The van der Waals surface area contributed by atoms with Crippen molar-refractivity contribution in [3.63, 3.8) is 0 Å². The van der Waals surface area contributed by atoms with Crippen LogP contribution in [-0.4, -0.2) is 56.9 Å². The van der Waals surface area contributed by atoms with E-state index in [-0.39, 0.29) is 19.1 Å². The molecule has 2 heterocycles. The molecule has 1 saturated carbocycles. The fourth-order valence-electron chi connectivity index (χ4n) is 4.10. The molecule has 2 atom stereocenters. The van der Waals surface area contributed by atoms with Gasteiger partial charge in [-0.05, 0) is 57.6 Å². The normalized spacial score (nSPS) is 27.9. The Bertz CT molecular complexity index is 798. The van der Waals surface area contributed by atoms with Gasteiger partial charge in [0, 0.05) is 23.8 Å². The van der Waals surface area contributed by atoms with Gasteiger partial charge in [0.25, 0.3) is 0 Å². The Morgan fingerprint density at radius 3 is 2.63 bits per heavy atom. The average Bonchev–Trinajstić information content (AvgIpc) is 3.13. The second kappa shape index (κ2) is 9.80. The number of alkyl halides is 3. The molecule has 0 amide bonds. The number of hydrogen-bond donors (Lipinski definition) is 2. The zero-order chi connectivity index (χ0) is 21.8. The number of aromatic nitrogens is 1. The monoisotopic (exact) mass is 451 g/mol. The topological polar surface area (TPSA) is 89.6 Å². The maximum Gasteiger partial charge on any atom is 0.511 e. The highest BCUT2D eigenvalue weighted by molar-refractivity contribution is 7.90. The van der Waals surface area contributed by atoms with E-state index < -0.39 is 27.6 Å². The van der Waals surface area contributed by atoms with Crippen LogP contribution in [0.4, 0.5) is 13.2 Å². The van der Waals surface area contributed by atoms with Crippen LogP contribution in [0.15, 0.2) is 18.3 Å². The first-order chi connectivity index (χ1) is 14.2. The molecule has 3 rings (SSSR count). The fourth-order valence-corrected chi connectivity index (χ4v) is 4.92. The summed E-state index contributed by atoms with van der Waals surface area (Å²) in [4.78, 5) is 4.31. The summed E-state index contributed by atoms with van der Waals surface area (Å²) in [5, 5.41) is 3.03. The molecular formula is C19H28F3N3O4S. The molecule has 1 aliphatic carbocycles. The number of pyridine rings is 1. The third-order valence-corrected chi connectivity index (χ3v) is 6.89. The Morgan fingerprint density at radius 2 is 1.97 bits per heavy atom. The van der Waals surface area contributed by atoms with Crippen molar-refractivity contribution in [2.75, 3.05) is 19.8 Å². The summed E-state index contributed by atoms with van der Waals surface area (Å²) < 4.78 is 74.0. The minimum absolute atomic E-state index is 0.00395. The Kier molecular flexibility index (Phi) is 7.59. The molecule has 1 aromatic rings. The molecule has 0 aromatic carbocycles. The number of hydrogen-bond acceptors (Lipinski definition) is 6. The van der Waals surface area contributed by atoms with E-state index in [0.717, 1.165) is 31.2 Å². The van der Waals surface area contributed by atoms with Crippen molar-refractivity contribution in [3.05, 3.63) is 23.9 Å². The fraction of sp³-hybridized carbons (Fsp3) is 0.737. The maximum absolute atomic E-state index is 12.6. The Morgan fingerprint density at radius 1 is 1.23 bits per heavy atom. The van der Waals surface area contributed by atoms with Crippen LogP contribution in [-0.2, 0) is 14.8 Å². The molecule has 30 heavy (non-hydrogen) atoms. The van der Waals surface area contributed by atoms with Gasteiger partial charge in [0.15, 0.2) is 0 Å². The van der Waals surface area contributed by atoms with E-state index in [1.807, 2.05) is 19.1 Å². The standard InChI is InChI=1S/C19H28F3N3O4S/c1-2-28-18-15(4-3-10-24-18)13-5-7-14(8-6-13)29-12-17-16(9-11-23-17)25-30(26,27)19(20,21)22/h3-4,10,13-14,16-17,23,25H,2,5-9,11-12H2,1H3/t13-,14+,16-,17-/m0/s1. The predicted octanol–water partition coefficient (Wildman–Crippen LogP) is 2.69. The van der Waals surface area contributed by atoms with Crippen LogP contribution >= 0.6 is 0 Å². The quantitative estimate of drug-likeness (QED) is 0.632. The lowest BCUT2D eigenvalue weighted by Crippen LogP contribution is -2.49. The van der Waals surface area contributed by atoms with E-state index in [4.69, 9.17) is 9.47 Å². The molecular weight excluding hydrogens is 423 g/mol. The highest BCUT2D eigenvalue weighted by atomic mass is 32.2. The first kappa shape index (κ1) is 23.2. The number of sulfonamides is 1. The van der Waals surface area contributed by atoms with Gasteiger partial charge in [0.2, 0.25) is 5.88 Å². The Hall–Kier alpha value is -1.43. The summed E-state index contributed by atoms with van der Waals surface area (Å²) in [6.45, 7) is 3.07. The third-order valence-electron chi connectivity index (χ3n) is 5.67. The van der Waals surface area contributed by atoms with Gasteiger partial charge >= 0.3 is 15.5 Å². The van der Waals surface area contributed by atoms with Crippen molar-refractivity contribution < 1.29 is 31.1 Å². The summed E-state index contributed by atoms with van der Waals surface area (Å²) in [5.41, 5.74) is -4.22. The minimum Gasteiger partial charge on any atom is -0.478 e. The van der Waals surface area contributed by atoms with Crippen molar-refractivity contribution in [2.45, 2.75) is 68.6 Å². The van der Waals surface area contributed by atoms with E-state index in [2.05, 4.69) is 10.3 Å². The van der Waals surface area contributed by atoms with E-state index in [9.17, 15) is 21.6 Å². The second-order valence-electron chi connectivity index (χ2n) is 7.66. The van der Waals surface area contributed by atoms with Crippen molar-refractivity contribution in [3.8, 4) is 5.88 Å². The third kappa shape index (κ3) is 5.63. The highest BCUT2D eigenvalue weighted by Crippen LogP contribution is 2.37. The molecule has 1 aromatic heterocycles. The lowest BCUT2D eigenvalue weighted by Gasteiger charge is -2.31. The zero-order valence-corrected chi connectivity index (χ0v) is 17.6. The number of ether oxygens (including phenoxy) is 2. The molecule has 11 heteroatoms. The SMILES string of the molecule is CCOc1ncccc1[C@H]1CC[C@@H](OC[C@@H]2NCC[C@@H]2NS(=O)(=O)C(F)(F)F)CC1. The van der Waals surface area contributed by atoms with Crippen molar-refractivity contribution in [2.24, 2.45) is 0 Å². The zero-order valence-electron chi connectivity index (χ0n) is 16.8. The maximum atomic E-state index is 12.6. The molecule has 1 saturated heterocycles. The van der Waals surface area contributed by atoms with Crippen LogP contribution in [0.2, 0.25) is 0 Å². The van der Waals surface area contributed by atoms with Crippen molar-refractivity contribution >= 4 is 10.0 Å². The van der Waals surface area contributed by atoms with Crippen molar-refractivity contribution in [1.82, 2.24) is 15.0 Å². The van der Waals surface area contributed by atoms with E-state index in [1.54, 1.807) is 10.9 Å². The number of rotatable bonds is 8. The molecule has 2 N–H and O–H groups in total. The van der Waals surface area contributed by atoms with E-state index in [0.29, 0.717) is 24.9 Å². The first-order valence-corrected chi connectivity index (χ1v) is 11.7. The minimum atomic E-state index is -5.37. The largest absolute Gasteiger partial charge is 0.511 e. The molecule has 0 spiro atoms. The van der Waals surface area contributed by atoms with Crippen LogP contribution in [0.25, 0.3) is 0 Å². The highest BCUT2D eigenvalue weighted by Gasteiger charge is 2.48. The molecule has 170 valence electrons. The summed E-state index contributed by atoms with van der Waals surface area (Å²) in [6, 6.07) is 2.61. The van der Waals surface area contributed by atoms with E-state index >= 15 is 0 Å².